The van der Waals surface area contributed by atoms with E-state index >= 15 is 0 Å². The van der Waals surface area contributed by atoms with Crippen molar-refractivity contribution in [2.24, 2.45) is 0 Å². The fourth-order valence-electron chi connectivity index (χ4n) is 1.82. The maximum absolute atomic E-state index is 13.6. The van der Waals surface area contributed by atoms with E-state index < -0.39 is 23.6 Å². The molecule has 1 unspecified atom stereocenters. The molecule has 0 aliphatic heterocycles. The van der Waals surface area contributed by atoms with Crippen LogP contribution in [0.2, 0.25) is 0 Å². The number of halogens is 5. The van der Waals surface area contributed by atoms with Gasteiger partial charge in [0.1, 0.15) is 0 Å². The second kappa shape index (κ2) is 14.4. The molecule has 5 nitrogen and oxygen atoms in total. The van der Waals surface area contributed by atoms with Gasteiger partial charge in [0.15, 0.2) is 6.30 Å². The van der Waals surface area contributed by atoms with Gasteiger partial charge in [-0.1, -0.05) is 50.8 Å². The average Bonchev–Trinajstić information content (AvgIpc) is 2.55. The molecule has 0 radical (unpaired) electrons. The number of benzene rings is 1. The summed E-state index contributed by atoms with van der Waals surface area (Å²) >= 11 is 0. The van der Waals surface area contributed by atoms with Crippen LogP contribution in [0.5, 0.6) is 0 Å². The number of nitrogens with one attached hydrogen (secondary N) is 2. The second-order valence-corrected chi connectivity index (χ2v) is 6.81. The summed E-state index contributed by atoms with van der Waals surface area (Å²) in [7, 11) is -9.73. The molecule has 1 atom stereocenters. The van der Waals surface area contributed by atoms with Crippen LogP contribution in [0.4, 0.5) is 21.7 Å². The van der Waals surface area contributed by atoms with Crippen molar-refractivity contribution in [1.29, 1.82) is 5.39 Å². The molecule has 1 rings (SSSR count). The topological polar surface area (TPSA) is 93.8 Å². The highest BCUT2D eigenvalue weighted by atomic mass is 32.2. The Kier molecular flexibility index (Phi) is 14.7. The minimum Gasteiger partial charge on any atom is -0.418 e. The van der Waals surface area contributed by atoms with Crippen LogP contribution in [-0.4, -0.2) is 22.0 Å². The largest absolute Gasteiger partial charge is 0.673 e. The van der Waals surface area contributed by atoms with Crippen LogP contribution in [0.25, 0.3) is 0 Å². The molecule has 1 aromatic rings. The van der Waals surface area contributed by atoms with Gasteiger partial charge in [-0.15, -0.1) is 0 Å². The predicted molar refractivity (Wildman–Crippen MR) is 87.9 cm³/mol. The van der Waals surface area contributed by atoms with Crippen LogP contribution < -0.4 is 10.1 Å². The highest BCUT2D eigenvalue weighted by molar-refractivity contribution is 7.89. The first kappa shape index (κ1) is 26.5. The third kappa shape index (κ3) is 17.1. The zero-order valence-electron chi connectivity index (χ0n) is 14.3. The summed E-state index contributed by atoms with van der Waals surface area (Å²) in [6, 6.07) is 7.87. The molecule has 2 N–H and O–H groups in total. The molecule has 12 heteroatoms. The van der Waals surface area contributed by atoms with Gasteiger partial charge >= 0.3 is 7.25 Å². The quantitative estimate of drug-likeness (QED) is 0.218. The van der Waals surface area contributed by atoms with E-state index in [1.165, 1.54) is 12.1 Å². The van der Waals surface area contributed by atoms with E-state index in [2.05, 4.69) is 11.6 Å². The Labute approximate surface area is 150 Å². The molecule has 0 amide bonds. The molecule has 0 heterocycles. The monoisotopic (exact) mass is 403 g/mol. The summed E-state index contributed by atoms with van der Waals surface area (Å²) in [5.41, 5.74) is 0. The molecule has 0 spiro atoms. The molecule has 0 fully saturated rings. The van der Waals surface area contributed by atoms with Crippen molar-refractivity contribution >= 4 is 17.3 Å². The Balaban J connectivity index is 0. The summed E-state index contributed by atoms with van der Waals surface area (Å²) in [4.78, 5) is 0.101. The van der Waals surface area contributed by atoms with Gasteiger partial charge < -0.3 is 17.3 Å². The van der Waals surface area contributed by atoms with Crippen molar-refractivity contribution in [2.75, 3.05) is 0 Å². The summed E-state index contributed by atoms with van der Waals surface area (Å²) in [6.45, 7) is 2.12. The molecule has 0 aromatic heterocycles. The van der Waals surface area contributed by atoms with Crippen molar-refractivity contribution in [1.82, 2.24) is 4.72 Å². The van der Waals surface area contributed by atoms with Crippen LogP contribution in [0, 0.1) is 5.39 Å². The fraction of sp³-hybridized carbons (Fsp3) is 0.571. The van der Waals surface area contributed by atoms with Gasteiger partial charge in [0.05, 0.1) is 10.3 Å². The van der Waals surface area contributed by atoms with Gasteiger partial charge in [-0.25, -0.2) is 12.8 Å². The van der Waals surface area contributed by atoms with Gasteiger partial charge in [-0.3, -0.25) is 0 Å². The van der Waals surface area contributed by atoms with Crippen LogP contribution in [-0.2, 0) is 10.0 Å². The molecular weight excluding hydrogens is 380 g/mol. The van der Waals surface area contributed by atoms with Crippen LogP contribution in [0.3, 0.4) is 0 Å². The van der Waals surface area contributed by atoms with Crippen molar-refractivity contribution in [3.8, 4) is 0 Å². The van der Waals surface area contributed by atoms with Crippen LogP contribution >= 0.6 is 0 Å². The Morgan fingerprint density at radius 1 is 1.04 bits per heavy atom. The normalized spacial score (nSPS) is 12.2. The number of hydrogen-bond donors (Lipinski definition) is 2. The molecule has 0 aliphatic rings. The molecular formula is C14H23BF5N3O2S. The predicted octanol–water partition coefficient (Wildman–Crippen LogP) is 3.20. The summed E-state index contributed by atoms with van der Waals surface area (Å²) in [6.07, 6.45) is 3.74. The van der Waals surface area contributed by atoms with Gasteiger partial charge in [0.25, 0.3) is 0 Å². The lowest BCUT2D eigenvalue weighted by molar-refractivity contribution is -0.175. The van der Waals surface area contributed by atoms with Crippen molar-refractivity contribution < 1.29 is 35.5 Å². The second-order valence-electron chi connectivity index (χ2n) is 5.10. The number of diazo groups is 1. The highest BCUT2D eigenvalue weighted by Gasteiger charge is 2.20. The van der Waals surface area contributed by atoms with Crippen molar-refractivity contribution in [3.63, 3.8) is 0 Å². The molecule has 150 valence electrons. The smallest absolute Gasteiger partial charge is 0.418 e. The molecule has 26 heavy (non-hydrogen) atoms. The SMILES string of the molecule is CCCCCCCC(F)NS(=O)(=O)c1ccccc1.F[B-](F)(F)F.N#[NH+]. The lowest BCUT2D eigenvalue weighted by atomic mass is 10.1. The maximum Gasteiger partial charge on any atom is 0.673 e. The van der Waals surface area contributed by atoms with Gasteiger partial charge in [-0.2, -0.15) is 4.72 Å². The van der Waals surface area contributed by atoms with Crippen LogP contribution in [0.1, 0.15) is 45.4 Å². The zero-order valence-corrected chi connectivity index (χ0v) is 15.2. The van der Waals surface area contributed by atoms with E-state index in [9.17, 15) is 30.1 Å². The lowest BCUT2D eigenvalue weighted by Crippen LogP contribution is -2.31. The molecule has 0 saturated heterocycles. The van der Waals surface area contributed by atoms with Gasteiger partial charge in [0.2, 0.25) is 15.4 Å². The molecule has 1 aromatic carbocycles. The first-order valence-corrected chi connectivity index (χ1v) is 9.35. The van der Waals surface area contributed by atoms with Crippen LogP contribution in [0.15, 0.2) is 35.2 Å². The first-order chi connectivity index (χ1) is 12.1. The van der Waals surface area contributed by atoms with E-state index in [-0.39, 0.29) is 11.3 Å². The van der Waals surface area contributed by atoms with E-state index in [1.54, 1.807) is 18.2 Å². The highest BCUT2D eigenvalue weighted by Crippen LogP contribution is 2.12. The Hall–Kier alpha value is -1.74. The zero-order chi connectivity index (χ0) is 20.6. The number of nitrogens with zero attached hydrogens (tertiary/aromatic N) is 1. The van der Waals surface area contributed by atoms with Gasteiger partial charge in [0, 0.05) is 0 Å². The first-order valence-electron chi connectivity index (χ1n) is 7.87. The van der Waals surface area contributed by atoms with E-state index in [1.807, 2.05) is 0 Å². The standard InChI is InChI=1S/C14H22FNO2S.BF4.N2/c1-2-3-4-5-9-12-14(15)16-19(17,18)13-10-7-6-8-11-13;2-1(3,4)5;1-2/h6-8,10-11,14,16H,2-5,9,12H2,1H3;;/q;-1;/p+1. The summed E-state index contributed by atoms with van der Waals surface area (Å²) in [5.74, 6) is 0. The minimum absolute atomic E-state index is 0.101. The molecule has 0 aliphatic carbocycles. The Morgan fingerprint density at radius 3 is 1.96 bits per heavy atom. The van der Waals surface area contributed by atoms with Crippen molar-refractivity contribution in [3.05, 3.63) is 30.3 Å². The number of sulfonamides is 1. The third-order valence-electron chi connectivity index (χ3n) is 2.90. The minimum atomic E-state index is -6.00. The number of alkyl halides is 1. The third-order valence-corrected chi connectivity index (χ3v) is 4.36. The van der Waals surface area contributed by atoms with Gasteiger partial charge in [-0.05, 0) is 25.0 Å². The number of rotatable bonds is 9. The van der Waals surface area contributed by atoms with Crippen molar-refractivity contribution in [2.45, 2.75) is 56.6 Å². The Bertz CT molecular complexity index is 579. The lowest BCUT2D eigenvalue weighted by Gasteiger charge is -2.11. The maximum atomic E-state index is 13.6. The fourth-order valence-corrected chi connectivity index (χ4v) is 2.93. The van der Waals surface area contributed by atoms with E-state index in [0.29, 0.717) is 6.42 Å². The molecule has 0 saturated carbocycles. The summed E-state index contributed by atoms with van der Waals surface area (Å²) < 4.78 is 78.3. The Morgan fingerprint density at radius 2 is 1.50 bits per heavy atom. The number of unbranched alkanes of at least 4 members (excludes halogenated alkanes) is 4. The van der Waals surface area contributed by atoms with E-state index in [4.69, 9.17) is 10.8 Å². The number of hydrogen-bond acceptors (Lipinski definition) is 3. The average molecular weight is 403 g/mol. The summed E-state index contributed by atoms with van der Waals surface area (Å²) in [5, 5.41) is 11.0. The van der Waals surface area contributed by atoms with E-state index in [0.717, 1.165) is 25.7 Å². The molecule has 0 bridgehead atoms.